The van der Waals surface area contributed by atoms with Gasteiger partial charge in [-0.15, -0.1) is 0 Å². The van der Waals surface area contributed by atoms with Crippen molar-refractivity contribution in [3.63, 3.8) is 0 Å². The van der Waals surface area contributed by atoms with Gasteiger partial charge in [0.05, 0.1) is 12.0 Å². The van der Waals surface area contributed by atoms with Crippen LogP contribution in [0.3, 0.4) is 0 Å². The van der Waals surface area contributed by atoms with Gasteiger partial charge >= 0.3 is 5.97 Å². The first-order valence-corrected chi connectivity index (χ1v) is 7.16. The maximum absolute atomic E-state index is 12.1. The number of hydrogen-bond donors (Lipinski definition) is 2. The van der Waals surface area contributed by atoms with Gasteiger partial charge in [-0.25, -0.2) is 4.79 Å². The molecule has 2 N–H and O–H groups in total. The molecule has 21 heavy (non-hydrogen) atoms. The average Bonchev–Trinajstić information content (AvgIpc) is 2.41. The SMILES string of the molecule is COC1(CC(=O)NC(C(=O)O)c2ccc(Cl)cc2)CCC1. The van der Waals surface area contributed by atoms with E-state index in [2.05, 4.69) is 5.32 Å². The van der Waals surface area contributed by atoms with Crippen LogP contribution in [-0.4, -0.2) is 29.7 Å². The van der Waals surface area contributed by atoms with Gasteiger partial charge in [-0.3, -0.25) is 4.79 Å². The summed E-state index contributed by atoms with van der Waals surface area (Å²) >= 11 is 5.78. The molecule has 1 fully saturated rings. The van der Waals surface area contributed by atoms with E-state index in [1.807, 2.05) is 0 Å². The molecule has 0 saturated heterocycles. The normalized spacial score (nSPS) is 17.6. The Balaban J connectivity index is 2.04. The minimum Gasteiger partial charge on any atom is -0.479 e. The Morgan fingerprint density at radius 1 is 1.38 bits per heavy atom. The molecule has 5 nitrogen and oxygen atoms in total. The molecule has 0 aromatic heterocycles. The summed E-state index contributed by atoms with van der Waals surface area (Å²) in [4.78, 5) is 23.4. The van der Waals surface area contributed by atoms with Gasteiger partial charge in [0.15, 0.2) is 6.04 Å². The minimum atomic E-state index is -1.11. The number of amides is 1. The van der Waals surface area contributed by atoms with Crippen molar-refractivity contribution in [2.24, 2.45) is 0 Å². The molecule has 0 bridgehead atoms. The van der Waals surface area contributed by atoms with Crippen molar-refractivity contribution in [3.8, 4) is 0 Å². The summed E-state index contributed by atoms with van der Waals surface area (Å²) in [5.74, 6) is -1.43. The zero-order chi connectivity index (χ0) is 15.5. The van der Waals surface area contributed by atoms with Crippen LogP contribution < -0.4 is 5.32 Å². The number of halogens is 1. The number of carboxylic acid groups (broad SMARTS) is 1. The number of carbonyl (C=O) groups is 2. The Labute approximate surface area is 128 Å². The number of benzene rings is 1. The van der Waals surface area contributed by atoms with Gasteiger partial charge in [0, 0.05) is 12.1 Å². The molecule has 1 atom stereocenters. The largest absolute Gasteiger partial charge is 0.479 e. The second kappa shape index (κ2) is 6.45. The maximum Gasteiger partial charge on any atom is 0.330 e. The van der Waals surface area contributed by atoms with Crippen LogP contribution in [0.4, 0.5) is 0 Å². The van der Waals surface area contributed by atoms with Gasteiger partial charge in [-0.05, 0) is 37.0 Å². The van der Waals surface area contributed by atoms with Crippen LogP contribution in [-0.2, 0) is 14.3 Å². The molecule has 1 aliphatic rings. The molecule has 1 aromatic rings. The Bertz CT molecular complexity index is 519. The first-order valence-electron chi connectivity index (χ1n) is 6.78. The second-order valence-corrected chi connectivity index (χ2v) is 5.74. The van der Waals surface area contributed by atoms with Gasteiger partial charge in [-0.1, -0.05) is 23.7 Å². The lowest BCUT2D eigenvalue weighted by atomic mass is 9.77. The molecular formula is C15H18ClNO4. The number of carbonyl (C=O) groups excluding carboxylic acids is 1. The number of aliphatic carboxylic acids is 1. The summed E-state index contributed by atoms with van der Waals surface area (Å²) in [6, 6.07) is 5.31. The van der Waals surface area contributed by atoms with Crippen LogP contribution >= 0.6 is 11.6 Å². The third kappa shape index (κ3) is 3.74. The fourth-order valence-corrected chi connectivity index (χ4v) is 2.60. The molecule has 114 valence electrons. The summed E-state index contributed by atoms with van der Waals surface area (Å²) in [7, 11) is 1.58. The van der Waals surface area contributed by atoms with Crippen molar-refractivity contribution >= 4 is 23.5 Å². The fraction of sp³-hybridized carbons (Fsp3) is 0.467. The van der Waals surface area contributed by atoms with E-state index in [1.54, 1.807) is 31.4 Å². The Kier molecular flexibility index (Phi) is 4.85. The quantitative estimate of drug-likeness (QED) is 0.846. The minimum absolute atomic E-state index is 0.181. The highest BCUT2D eigenvalue weighted by Gasteiger charge is 2.39. The zero-order valence-corrected chi connectivity index (χ0v) is 12.5. The molecular weight excluding hydrogens is 294 g/mol. The molecule has 1 saturated carbocycles. The van der Waals surface area contributed by atoms with Crippen molar-refractivity contribution in [2.75, 3.05) is 7.11 Å². The molecule has 0 heterocycles. The molecule has 0 spiro atoms. The molecule has 0 aliphatic heterocycles. The Morgan fingerprint density at radius 2 is 2.00 bits per heavy atom. The van der Waals surface area contributed by atoms with Crippen LogP contribution in [0, 0.1) is 0 Å². The third-order valence-electron chi connectivity index (χ3n) is 3.94. The van der Waals surface area contributed by atoms with E-state index in [1.165, 1.54) is 0 Å². The number of nitrogens with one attached hydrogen (secondary N) is 1. The lowest BCUT2D eigenvalue weighted by Gasteiger charge is -2.40. The predicted octanol–water partition coefficient (Wildman–Crippen LogP) is 2.54. The van der Waals surface area contributed by atoms with Gasteiger partial charge in [0.1, 0.15) is 0 Å². The molecule has 1 unspecified atom stereocenters. The van der Waals surface area contributed by atoms with Crippen LogP contribution in [0.15, 0.2) is 24.3 Å². The van der Waals surface area contributed by atoms with E-state index >= 15 is 0 Å². The second-order valence-electron chi connectivity index (χ2n) is 5.31. The predicted molar refractivity (Wildman–Crippen MR) is 78.2 cm³/mol. The first-order chi connectivity index (χ1) is 9.96. The highest BCUT2D eigenvalue weighted by molar-refractivity contribution is 6.30. The van der Waals surface area contributed by atoms with E-state index < -0.39 is 17.6 Å². The van der Waals surface area contributed by atoms with E-state index in [0.717, 1.165) is 19.3 Å². The van der Waals surface area contributed by atoms with Crippen molar-refractivity contribution in [2.45, 2.75) is 37.3 Å². The van der Waals surface area contributed by atoms with Gasteiger partial charge in [0.2, 0.25) is 5.91 Å². The van der Waals surface area contributed by atoms with Gasteiger partial charge in [0.25, 0.3) is 0 Å². The van der Waals surface area contributed by atoms with Crippen LogP contribution in [0.2, 0.25) is 5.02 Å². The average molecular weight is 312 g/mol. The summed E-state index contributed by atoms with van der Waals surface area (Å²) < 4.78 is 5.38. The molecule has 1 aromatic carbocycles. The molecule has 1 aliphatic carbocycles. The van der Waals surface area contributed by atoms with Crippen molar-refractivity contribution < 1.29 is 19.4 Å². The number of ether oxygens (including phenoxy) is 1. The monoisotopic (exact) mass is 311 g/mol. The van der Waals surface area contributed by atoms with Crippen molar-refractivity contribution in [1.82, 2.24) is 5.32 Å². The lowest BCUT2D eigenvalue weighted by molar-refractivity contribution is -0.145. The maximum atomic E-state index is 12.1. The number of rotatable bonds is 6. The standard InChI is InChI=1S/C15H18ClNO4/c1-21-15(7-2-8-15)9-12(18)17-13(14(19)20)10-3-5-11(16)6-4-10/h3-6,13H,2,7-9H2,1H3,(H,17,18)(H,19,20). The van der Waals surface area contributed by atoms with E-state index in [4.69, 9.17) is 16.3 Å². The van der Waals surface area contributed by atoms with Crippen molar-refractivity contribution in [1.29, 1.82) is 0 Å². The van der Waals surface area contributed by atoms with Gasteiger partial charge in [-0.2, -0.15) is 0 Å². The van der Waals surface area contributed by atoms with Crippen molar-refractivity contribution in [3.05, 3.63) is 34.9 Å². The topological polar surface area (TPSA) is 75.6 Å². The highest BCUT2D eigenvalue weighted by atomic mass is 35.5. The summed E-state index contributed by atoms with van der Waals surface area (Å²) in [5.41, 5.74) is 0.0629. The number of carboxylic acids is 1. The van der Waals surface area contributed by atoms with E-state index in [9.17, 15) is 14.7 Å². The Morgan fingerprint density at radius 3 is 2.43 bits per heavy atom. The number of methoxy groups -OCH3 is 1. The molecule has 1 amide bonds. The van der Waals surface area contributed by atoms with Crippen LogP contribution in [0.25, 0.3) is 0 Å². The molecule has 6 heteroatoms. The first kappa shape index (κ1) is 15.8. The molecule has 2 rings (SSSR count). The Hall–Kier alpha value is -1.59. The zero-order valence-electron chi connectivity index (χ0n) is 11.8. The highest BCUT2D eigenvalue weighted by Crippen LogP contribution is 2.38. The van der Waals surface area contributed by atoms with Crippen LogP contribution in [0.1, 0.15) is 37.3 Å². The van der Waals surface area contributed by atoms with E-state index in [-0.39, 0.29) is 12.3 Å². The lowest BCUT2D eigenvalue weighted by Crippen LogP contribution is -2.45. The fourth-order valence-electron chi connectivity index (χ4n) is 2.47. The van der Waals surface area contributed by atoms with Crippen LogP contribution in [0.5, 0.6) is 0 Å². The molecule has 0 radical (unpaired) electrons. The van der Waals surface area contributed by atoms with Gasteiger partial charge < -0.3 is 15.2 Å². The van der Waals surface area contributed by atoms with E-state index in [0.29, 0.717) is 10.6 Å². The smallest absolute Gasteiger partial charge is 0.330 e. The number of hydrogen-bond acceptors (Lipinski definition) is 3. The summed E-state index contributed by atoms with van der Waals surface area (Å²) in [5, 5.41) is 12.4. The summed E-state index contributed by atoms with van der Waals surface area (Å²) in [6.07, 6.45) is 2.87. The summed E-state index contributed by atoms with van der Waals surface area (Å²) in [6.45, 7) is 0. The third-order valence-corrected chi connectivity index (χ3v) is 4.19.